The summed E-state index contributed by atoms with van der Waals surface area (Å²) in [4.78, 5) is 27.4. The van der Waals surface area contributed by atoms with Crippen LogP contribution in [0, 0.1) is 0 Å². The van der Waals surface area contributed by atoms with Gasteiger partial charge in [0, 0.05) is 43.0 Å². The number of amides is 1. The van der Waals surface area contributed by atoms with E-state index in [9.17, 15) is 9.59 Å². The molecule has 0 radical (unpaired) electrons. The molecule has 0 unspecified atom stereocenters. The zero-order valence-corrected chi connectivity index (χ0v) is 17.4. The predicted octanol–water partition coefficient (Wildman–Crippen LogP) is 3.55. The first kappa shape index (κ1) is 20.4. The summed E-state index contributed by atoms with van der Waals surface area (Å²) in [5, 5.41) is 3.71. The number of aromatic nitrogens is 1. The summed E-state index contributed by atoms with van der Waals surface area (Å²) in [5.41, 5.74) is 2.42. The fourth-order valence-electron chi connectivity index (χ4n) is 3.80. The average Bonchev–Trinajstić information content (AvgIpc) is 3.18. The Balaban J connectivity index is 1.39. The Morgan fingerprint density at radius 1 is 1.00 bits per heavy atom. The molecular weight excluding hydrogens is 398 g/mol. The lowest BCUT2D eigenvalue weighted by molar-refractivity contribution is 0.0936. The van der Waals surface area contributed by atoms with Crippen molar-refractivity contribution in [2.45, 2.75) is 25.6 Å². The number of carbonyl (C=O) groups excluding carboxylic acids is 1. The van der Waals surface area contributed by atoms with Gasteiger partial charge in [-0.1, -0.05) is 60.1 Å². The highest BCUT2D eigenvalue weighted by atomic mass is 35.5. The van der Waals surface area contributed by atoms with Gasteiger partial charge < -0.3 is 9.88 Å². The van der Waals surface area contributed by atoms with Crippen LogP contribution in [-0.4, -0.2) is 34.5 Å². The first-order valence-electron chi connectivity index (χ1n) is 10.1. The third-order valence-corrected chi connectivity index (χ3v) is 5.77. The molecule has 1 aliphatic heterocycles. The van der Waals surface area contributed by atoms with E-state index in [1.165, 1.54) is 16.2 Å². The fourth-order valence-corrected chi connectivity index (χ4v) is 4.00. The summed E-state index contributed by atoms with van der Waals surface area (Å²) < 4.78 is 1.52. The molecule has 0 aliphatic carbocycles. The molecule has 1 aromatic heterocycles. The zero-order valence-electron chi connectivity index (χ0n) is 16.6. The van der Waals surface area contributed by atoms with Crippen molar-refractivity contribution < 1.29 is 4.79 Å². The number of halogens is 1. The van der Waals surface area contributed by atoms with E-state index < -0.39 is 0 Å². The van der Waals surface area contributed by atoms with Crippen LogP contribution >= 0.6 is 11.6 Å². The van der Waals surface area contributed by atoms with Crippen LogP contribution in [0.5, 0.6) is 0 Å². The summed E-state index contributed by atoms with van der Waals surface area (Å²) in [6.07, 6.45) is 2.52. The molecule has 30 heavy (non-hydrogen) atoms. The zero-order chi connectivity index (χ0) is 20.9. The smallest absolute Gasteiger partial charge is 0.253 e. The Morgan fingerprint density at radius 2 is 1.77 bits per heavy atom. The molecule has 1 fully saturated rings. The number of pyridine rings is 1. The maximum atomic E-state index is 12.8. The summed E-state index contributed by atoms with van der Waals surface area (Å²) in [7, 11) is 0. The molecule has 6 heteroatoms. The number of hydrogen-bond donors (Lipinski definition) is 1. The molecule has 154 valence electrons. The number of rotatable bonds is 6. The fraction of sp³-hybridized carbons (Fsp3) is 0.250. The van der Waals surface area contributed by atoms with Gasteiger partial charge in [0.1, 0.15) is 0 Å². The quantitative estimate of drug-likeness (QED) is 0.662. The van der Waals surface area contributed by atoms with Gasteiger partial charge in [0.2, 0.25) is 0 Å². The molecule has 0 bridgehead atoms. The maximum absolute atomic E-state index is 12.8. The predicted molar refractivity (Wildman–Crippen MR) is 119 cm³/mol. The first-order chi connectivity index (χ1) is 14.6. The standard InChI is InChI=1S/C24H24ClN3O2/c25-22-9-5-4-8-19(22)15-28-16-20(10-11-23(28)29)24(30)26-21-12-13-27(17-21)14-18-6-2-1-3-7-18/h1-11,16,21H,12-15,17H2,(H,26,30)/t21-/m0/s1. The van der Waals surface area contributed by atoms with Crippen LogP contribution in [0.4, 0.5) is 0 Å². The van der Waals surface area contributed by atoms with Crippen molar-refractivity contribution in [3.05, 3.63) is 105 Å². The highest BCUT2D eigenvalue weighted by molar-refractivity contribution is 6.31. The average molecular weight is 422 g/mol. The van der Waals surface area contributed by atoms with Crippen LogP contribution in [-0.2, 0) is 13.1 Å². The normalized spacial score (nSPS) is 16.5. The van der Waals surface area contributed by atoms with Crippen LogP contribution in [0.3, 0.4) is 0 Å². The highest BCUT2D eigenvalue weighted by Gasteiger charge is 2.24. The van der Waals surface area contributed by atoms with Gasteiger partial charge in [-0.05, 0) is 29.7 Å². The van der Waals surface area contributed by atoms with Gasteiger partial charge in [-0.25, -0.2) is 0 Å². The molecule has 5 nitrogen and oxygen atoms in total. The molecule has 1 atom stereocenters. The second-order valence-corrected chi connectivity index (χ2v) is 8.06. The lowest BCUT2D eigenvalue weighted by atomic mass is 10.2. The molecule has 1 aliphatic rings. The van der Waals surface area contributed by atoms with E-state index in [0.29, 0.717) is 17.1 Å². The third kappa shape index (κ3) is 4.99. The molecule has 1 N–H and O–H groups in total. The first-order valence-corrected chi connectivity index (χ1v) is 10.5. The highest BCUT2D eigenvalue weighted by Crippen LogP contribution is 2.16. The SMILES string of the molecule is O=C(N[C@H]1CCN(Cc2ccccc2)C1)c1ccc(=O)n(Cc2ccccc2Cl)c1. The summed E-state index contributed by atoms with van der Waals surface area (Å²) in [6.45, 7) is 2.98. The summed E-state index contributed by atoms with van der Waals surface area (Å²) in [5.74, 6) is -0.158. The van der Waals surface area contributed by atoms with Crippen molar-refractivity contribution in [3.8, 4) is 0 Å². The minimum absolute atomic E-state index is 0.102. The largest absolute Gasteiger partial charge is 0.348 e. The van der Waals surface area contributed by atoms with Crippen molar-refractivity contribution in [2.75, 3.05) is 13.1 Å². The Hall–Kier alpha value is -2.89. The Bertz CT molecular complexity index is 1080. The van der Waals surface area contributed by atoms with E-state index >= 15 is 0 Å². The molecule has 1 saturated heterocycles. The van der Waals surface area contributed by atoms with Crippen LogP contribution in [0.2, 0.25) is 5.02 Å². The van der Waals surface area contributed by atoms with Crippen LogP contribution in [0.25, 0.3) is 0 Å². The molecule has 2 heterocycles. The molecular formula is C24H24ClN3O2. The van der Waals surface area contributed by atoms with E-state index in [2.05, 4.69) is 22.3 Å². The van der Waals surface area contributed by atoms with Gasteiger partial charge in [-0.2, -0.15) is 0 Å². The monoisotopic (exact) mass is 421 g/mol. The maximum Gasteiger partial charge on any atom is 0.253 e. The van der Waals surface area contributed by atoms with Crippen LogP contribution in [0.15, 0.2) is 77.7 Å². The third-order valence-electron chi connectivity index (χ3n) is 5.40. The van der Waals surface area contributed by atoms with E-state index in [1.807, 2.05) is 36.4 Å². The molecule has 1 amide bonds. The molecule has 3 aromatic rings. The van der Waals surface area contributed by atoms with Crippen molar-refractivity contribution in [2.24, 2.45) is 0 Å². The van der Waals surface area contributed by atoms with Crippen molar-refractivity contribution in [1.29, 1.82) is 0 Å². The summed E-state index contributed by atoms with van der Waals surface area (Å²) >= 11 is 6.21. The minimum Gasteiger partial charge on any atom is -0.348 e. The van der Waals surface area contributed by atoms with Gasteiger partial charge in [0.05, 0.1) is 12.1 Å². The van der Waals surface area contributed by atoms with E-state index in [-0.39, 0.29) is 17.5 Å². The number of benzene rings is 2. The number of nitrogens with zero attached hydrogens (tertiary/aromatic N) is 2. The van der Waals surface area contributed by atoms with E-state index in [4.69, 9.17) is 11.6 Å². The minimum atomic E-state index is -0.165. The Labute approximate surface area is 180 Å². The second-order valence-electron chi connectivity index (χ2n) is 7.66. The van der Waals surface area contributed by atoms with Gasteiger partial charge in [0.15, 0.2) is 0 Å². The Kier molecular flexibility index (Phi) is 6.31. The lowest BCUT2D eigenvalue weighted by Gasteiger charge is -2.17. The van der Waals surface area contributed by atoms with Crippen molar-refractivity contribution in [3.63, 3.8) is 0 Å². The molecule has 4 rings (SSSR count). The topological polar surface area (TPSA) is 54.3 Å². The van der Waals surface area contributed by atoms with Gasteiger partial charge in [0.25, 0.3) is 11.5 Å². The van der Waals surface area contributed by atoms with E-state index in [1.54, 1.807) is 18.3 Å². The lowest BCUT2D eigenvalue weighted by Crippen LogP contribution is -2.37. The van der Waals surface area contributed by atoms with Gasteiger partial charge in [-0.3, -0.25) is 14.5 Å². The second kappa shape index (κ2) is 9.28. The van der Waals surface area contributed by atoms with Crippen LogP contribution < -0.4 is 10.9 Å². The number of nitrogens with one attached hydrogen (secondary N) is 1. The summed E-state index contributed by atoms with van der Waals surface area (Å²) in [6, 6.07) is 20.9. The van der Waals surface area contributed by atoms with E-state index in [0.717, 1.165) is 31.6 Å². The number of hydrogen-bond acceptors (Lipinski definition) is 3. The molecule has 2 aromatic carbocycles. The number of carbonyl (C=O) groups is 1. The molecule has 0 saturated carbocycles. The van der Waals surface area contributed by atoms with Crippen molar-refractivity contribution >= 4 is 17.5 Å². The van der Waals surface area contributed by atoms with Gasteiger partial charge in [-0.15, -0.1) is 0 Å². The van der Waals surface area contributed by atoms with Crippen molar-refractivity contribution in [1.82, 2.24) is 14.8 Å². The Morgan fingerprint density at radius 3 is 2.57 bits per heavy atom. The van der Waals surface area contributed by atoms with Crippen LogP contribution in [0.1, 0.15) is 27.9 Å². The molecule has 0 spiro atoms. The van der Waals surface area contributed by atoms with Gasteiger partial charge >= 0.3 is 0 Å². The number of likely N-dealkylation sites (tertiary alicyclic amines) is 1.